The van der Waals surface area contributed by atoms with Crippen molar-refractivity contribution in [3.05, 3.63) is 66.5 Å². The lowest BCUT2D eigenvalue weighted by Gasteiger charge is -2.14. The van der Waals surface area contributed by atoms with Crippen molar-refractivity contribution in [1.82, 2.24) is 9.97 Å². The highest BCUT2D eigenvalue weighted by Crippen LogP contribution is 2.25. The third-order valence-corrected chi connectivity index (χ3v) is 7.07. The zero-order valence-corrected chi connectivity index (χ0v) is 23.4. The van der Waals surface area contributed by atoms with Crippen LogP contribution in [0.1, 0.15) is 84.6 Å². The van der Waals surface area contributed by atoms with Crippen molar-refractivity contribution in [2.45, 2.75) is 91.6 Å². The van der Waals surface area contributed by atoms with Crippen LogP contribution >= 0.6 is 0 Å². The van der Waals surface area contributed by atoms with E-state index in [4.69, 9.17) is 9.47 Å². The molecule has 3 aromatic rings. The SMILES string of the molecule is CCCCCOc1ccc(-c2ccc(-c3ncc(CCC[C@H](C)OCCCC(C)CC)cn3)cc2)cc1. The standard InChI is InChI=1S/C33H46N2O2/c1-5-7-8-22-37-32-20-18-30(19-21-32)29-14-16-31(17-15-29)33-34-24-28(25-35-33)13-9-12-27(4)36-23-10-11-26(3)6-2/h14-21,24-27H,5-13,22-23H2,1-4H3/t26?,27-/m0/s1. The minimum atomic E-state index is 0.310. The minimum Gasteiger partial charge on any atom is -0.494 e. The molecule has 2 atom stereocenters. The predicted octanol–water partition coefficient (Wildman–Crippen LogP) is 8.93. The van der Waals surface area contributed by atoms with Gasteiger partial charge in [-0.1, -0.05) is 76.4 Å². The topological polar surface area (TPSA) is 44.2 Å². The summed E-state index contributed by atoms with van der Waals surface area (Å²) in [7, 11) is 0. The smallest absolute Gasteiger partial charge is 0.159 e. The van der Waals surface area contributed by atoms with Gasteiger partial charge in [0.15, 0.2) is 5.82 Å². The molecule has 1 aromatic heterocycles. The summed E-state index contributed by atoms with van der Waals surface area (Å²) in [4.78, 5) is 9.26. The summed E-state index contributed by atoms with van der Waals surface area (Å²) in [6.07, 6.45) is 14.6. The molecule has 4 heteroatoms. The summed E-state index contributed by atoms with van der Waals surface area (Å²) in [6.45, 7) is 10.6. The first-order valence-corrected chi connectivity index (χ1v) is 14.3. The Hall–Kier alpha value is -2.72. The second kappa shape index (κ2) is 16.2. The third kappa shape index (κ3) is 10.3. The Morgan fingerprint density at radius 3 is 2.00 bits per heavy atom. The molecular weight excluding hydrogens is 456 g/mol. The lowest BCUT2D eigenvalue weighted by Crippen LogP contribution is -2.10. The lowest BCUT2D eigenvalue weighted by atomic mass is 10.0. The van der Waals surface area contributed by atoms with E-state index in [0.29, 0.717) is 6.10 Å². The van der Waals surface area contributed by atoms with Crippen LogP contribution < -0.4 is 4.74 Å². The maximum atomic E-state index is 5.99. The summed E-state index contributed by atoms with van der Waals surface area (Å²) in [5, 5.41) is 0. The van der Waals surface area contributed by atoms with E-state index in [-0.39, 0.29) is 0 Å². The molecule has 0 bridgehead atoms. The molecule has 0 N–H and O–H groups in total. The molecule has 0 radical (unpaired) electrons. The van der Waals surface area contributed by atoms with Crippen LogP contribution in [-0.4, -0.2) is 29.3 Å². The molecule has 0 aliphatic carbocycles. The fraction of sp³-hybridized carbons (Fsp3) is 0.515. The fourth-order valence-electron chi connectivity index (χ4n) is 4.33. The molecule has 200 valence electrons. The molecule has 0 spiro atoms. The van der Waals surface area contributed by atoms with Crippen LogP contribution in [0, 0.1) is 5.92 Å². The van der Waals surface area contributed by atoms with Crippen molar-refractivity contribution in [3.63, 3.8) is 0 Å². The highest BCUT2D eigenvalue weighted by atomic mass is 16.5. The van der Waals surface area contributed by atoms with Crippen molar-refractivity contribution in [3.8, 4) is 28.3 Å². The summed E-state index contributed by atoms with van der Waals surface area (Å²) < 4.78 is 11.8. The Kier molecular flexibility index (Phi) is 12.6. The third-order valence-electron chi connectivity index (χ3n) is 7.07. The first-order chi connectivity index (χ1) is 18.1. The van der Waals surface area contributed by atoms with Crippen LogP contribution in [0.25, 0.3) is 22.5 Å². The number of hydrogen-bond acceptors (Lipinski definition) is 4. The average molecular weight is 503 g/mol. The Labute approximate surface area is 224 Å². The highest BCUT2D eigenvalue weighted by molar-refractivity contribution is 5.68. The van der Waals surface area contributed by atoms with Gasteiger partial charge in [0.05, 0.1) is 12.7 Å². The Morgan fingerprint density at radius 1 is 0.703 bits per heavy atom. The molecule has 0 aliphatic heterocycles. The van der Waals surface area contributed by atoms with Crippen LogP contribution in [-0.2, 0) is 11.2 Å². The first kappa shape index (κ1) is 28.8. The van der Waals surface area contributed by atoms with Gasteiger partial charge in [0.2, 0.25) is 0 Å². The van der Waals surface area contributed by atoms with Crippen LogP contribution in [0.15, 0.2) is 60.9 Å². The lowest BCUT2D eigenvalue weighted by molar-refractivity contribution is 0.0547. The zero-order chi connectivity index (χ0) is 26.3. The van der Waals surface area contributed by atoms with Gasteiger partial charge in [-0.2, -0.15) is 0 Å². The van der Waals surface area contributed by atoms with E-state index in [1.54, 1.807) is 0 Å². The van der Waals surface area contributed by atoms with Gasteiger partial charge in [0.25, 0.3) is 0 Å². The Morgan fingerprint density at radius 2 is 1.35 bits per heavy atom. The molecule has 0 amide bonds. The summed E-state index contributed by atoms with van der Waals surface area (Å²) >= 11 is 0. The minimum absolute atomic E-state index is 0.310. The number of aromatic nitrogens is 2. The average Bonchev–Trinajstić information content (AvgIpc) is 2.94. The number of nitrogens with zero attached hydrogens (tertiary/aromatic N) is 2. The molecule has 3 rings (SSSR count). The van der Waals surface area contributed by atoms with Crippen molar-refractivity contribution >= 4 is 0 Å². The first-order valence-electron chi connectivity index (χ1n) is 14.3. The molecule has 0 saturated heterocycles. The van der Waals surface area contributed by atoms with Crippen LogP contribution in [0.3, 0.4) is 0 Å². The quantitative estimate of drug-likeness (QED) is 0.173. The highest BCUT2D eigenvalue weighted by Gasteiger charge is 2.07. The maximum absolute atomic E-state index is 5.99. The van der Waals surface area contributed by atoms with Crippen molar-refractivity contribution < 1.29 is 9.47 Å². The largest absolute Gasteiger partial charge is 0.494 e. The summed E-state index contributed by atoms with van der Waals surface area (Å²) in [5.41, 5.74) is 4.57. The second-order valence-electron chi connectivity index (χ2n) is 10.3. The van der Waals surface area contributed by atoms with E-state index >= 15 is 0 Å². The van der Waals surface area contributed by atoms with Crippen LogP contribution in [0.4, 0.5) is 0 Å². The number of benzene rings is 2. The summed E-state index contributed by atoms with van der Waals surface area (Å²) in [5.74, 6) is 2.51. The zero-order valence-electron chi connectivity index (χ0n) is 23.4. The normalized spacial score (nSPS) is 12.9. The maximum Gasteiger partial charge on any atom is 0.159 e. The monoisotopic (exact) mass is 502 g/mol. The number of unbranched alkanes of at least 4 members (excludes halogenated alkanes) is 2. The van der Waals surface area contributed by atoms with Crippen molar-refractivity contribution in [2.24, 2.45) is 5.92 Å². The van der Waals surface area contributed by atoms with Crippen LogP contribution in [0.5, 0.6) is 5.75 Å². The molecule has 4 nitrogen and oxygen atoms in total. The second-order valence-corrected chi connectivity index (χ2v) is 10.3. The molecule has 0 fully saturated rings. The van der Waals surface area contributed by atoms with E-state index < -0.39 is 0 Å². The van der Waals surface area contributed by atoms with Gasteiger partial charge in [-0.15, -0.1) is 0 Å². The van der Waals surface area contributed by atoms with Crippen molar-refractivity contribution in [1.29, 1.82) is 0 Å². The van der Waals surface area contributed by atoms with Gasteiger partial charge < -0.3 is 9.47 Å². The number of ether oxygens (including phenoxy) is 2. The molecule has 37 heavy (non-hydrogen) atoms. The van der Waals surface area contributed by atoms with E-state index in [0.717, 1.165) is 68.4 Å². The fourth-order valence-corrected chi connectivity index (χ4v) is 4.33. The van der Waals surface area contributed by atoms with Gasteiger partial charge in [-0.3, -0.25) is 0 Å². The van der Waals surface area contributed by atoms with Crippen molar-refractivity contribution in [2.75, 3.05) is 13.2 Å². The molecule has 1 unspecified atom stereocenters. The van der Waals surface area contributed by atoms with Gasteiger partial charge in [-0.25, -0.2) is 9.97 Å². The molecule has 2 aromatic carbocycles. The van der Waals surface area contributed by atoms with E-state index in [2.05, 4.69) is 86.2 Å². The van der Waals surface area contributed by atoms with Crippen LogP contribution in [0.2, 0.25) is 0 Å². The molecule has 0 saturated carbocycles. The van der Waals surface area contributed by atoms with Gasteiger partial charge >= 0.3 is 0 Å². The van der Waals surface area contributed by atoms with Gasteiger partial charge in [-0.05, 0) is 80.2 Å². The molecular formula is C33H46N2O2. The Balaban J connectivity index is 1.42. The Bertz CT molecular complexity index is 1000. The number of hydrogen-bond donors (Lipinski definition) is 0. The predicted molar refractivity (Wildman–Crippen MR) is 155 cm³/mol. The molecule has 0 aliphatic rings. The van der Waals surface area contributed by atoms with Gasteiger partial charge in [0, 0.05) is 24.6 Å². The molecule has 1 heterocycles. The van der Waals surface area contributed by atoms with E-state index in [9.17, 15) is 0 Å². The van der Waals surface area contributed by atoms with E-state index in [1.807, 2.05) is 12.4 Å². The summed E-state index contributed by atoms with van der Waals surface area (Å²) in [6, 6.07) is 16.8. The number of aryl methyl sites for hydroxylation is 1. The number of rotatable bonds is 17. The van der Waals surface area contributed by atoms with E-state index in [1.165, 1.54) is 42.4 Å². The van der Waals surface area contributed by atoms with Gasteiger partial charge in [0.1, 0.15) is 5.75 Å².